The van der Waals surface area contributed by atoms with E-state index in [4.69, 9.17) is 4.74 Å². The maximum atomic E-state index is 12.8. The lowest BCUT2D eigenvalue weighted by atomic mass is 10.1. The van der Waals surface area contributed by atoms with Crippen LogP contribution >= 0.6 is 0 Å². The molecule has 0 atom stereocenters. The summed E-state index contributed by atoms with van der Waals surface area (Å²) in [5, 5.41) is 2.24. The molecular weight excluding hydrogens is 366 g/mol. The SMILES string of the molecule is CC(C)CCN(Cc1ccc2ccccc2c1)C(=O)CC(=O)C(=O)OC(C)(C)C. The number of carbonyl (C=O) groups excluding carboxylic acids is 3. The van der Waals surface area contributed by atoms with Crippen molar-refractivity contribution < 1.29 is 19.1 Å². The summed E-state index contributed by atoms with van der Waals surface area (Å²) < 4.78 is 5.09. The number of amides is 1. The number of nitrogens with zero attached hydrogens (tertiary/aromatic N) is 1. The molecule has 0 aliphatic carbocycles. The molecule has 0 saturated heterocycles. The van der Waals surface area contributed by atoms with E-state index in [-0.39, 0.29) is 5.91 Å². The molecule has 0 fully saturated rings. The summed E-state index contributed by atoms with van der Waals surface area (Å²) in [4.78, 5) is 38.6. The number of fused-ring (bicyclic) bond motifs is 1. The van der Waals surface area contributed by atoms with Crippen LogP contribution in [0.5, 0.6) is 0 Å². The fourth-order valence-corrected chi connectivity index (χ4v) is 2.92. The lowest BCUT2D eigenvalue weighted by Crippen LogP contribution is -2.36. The van der Waals surface area contributed by atoms with Gasteiger partial charge in [-0.3, -0.25) is 9.59 Å². The molecule has 0 spiro atoms. The van der Waals surface area contributed by atoms with Crippen molar-refractivity contribution >= 4 is 28.4 Å². The first kappa shape index (κ1) is 22.6. The Morgan fingerprint density at radius 2 is 1.66 bits per heavy atom. The van der Waals surface area contributed by atoms with Gasteiger partial charge < -0.3 is 9.64 Å². The molecule has 2 rings (SSSR count). The third kappa shape index (κ3) is 7.33. The molecule has 0 aliphatic rings. The number of Topliss-reactive ketones (excluding diaryl/α,β-unsaturated/α-hetero) is 1. The van der Waals surface area contributed by atoms with Crippen LogP contribution in [0.15, 0.2) is 42.5 Å². The van der Waals surface area contributed by atoms with Gasteiger partial charge >= 0.3 is 5.97 Å². The number of rotatable bonds is 8. The van der Waals surface area contributed by atoms with Crippen LogP contribution in [-0.4, -0.2) is 34.7 Å². The third-order valence-electron chi connectivity index (χ3n) is 4.45. The Morgan fingerprint density at radius 3 is 2.28 bits per heavy atom. The predicted molar refractivity (Wildman–Crippen MR) is 114 cm³/mol. The highest BCUT2D eigenvalue weighted by atomic mass is 16.6. The van der Waals surface area contributed by atoms with Crippen LogP contribution in [0.1, 0.15) is 53.0 Å². The van der Waals surface area contributed by atoms with Crippen molar-refractivity contribution in [3.63, 3.8) is 0 Å². The van der Waals surface area contributed by atoms with Crippen molar-refractivity contribution in [1.29, 1.82) is 0 Å². The second-order valence-electron chi connectivity index (χ2n) is 8.78. The summed E-state index contributed by atoms with van der Waals surface area (Å²) in [6.07, 6.45) is 0.348. The van der Waals surface area contributed by atoms with Crippen molar-refractivity contribution in [2.45, 2.75) is 59.6 Å². The molecule has 5 nitrogen and oxygen atoms in total. The Labute approximate surface area is 173 Å². The van der Waals surface area contributed by atoms with Crippen molar-refractivity contribution in [2.24, 2.45) is 5.92 Å². The number of benzene rings is 2. The van der Waals surface area contributed by atoms with Gasteiger partial charge in [0.25, 0.3) is 0 Å². The lowest BCUT2D eigenvalue weighted by Gasteiger charge is -2.24. The van der Waals surface area contributed by atoms with Gasteiger partial charge in [-0.25, -0.2) is 4.79 Å². The van der Waals surface area contributed by atoms with Crippen LogP contribution in [0, 0.1) is 5.92 Å². The predicted octanol–water partition coefficient (Wildman–Crippen LogP) is 4.52. The zero-order valence-corrected chi connectivity index (χ0v) is 18.0. The zero-order chi connectivity index (χ0) is 21.6. The smallest absolute Gasteiger partial charge is 0.375 e. The fourth-order valence-electron chi connectivity index (χ4n) is 2.92. The van der Waals surface area contributed by atoms with Crippen LogP contribution in [0.3, 0.4) is 0 Å². The Kier molecular flexibility index (Phi) is 7.54. The summed E-state index contributed by atoms with van der Waals surface area (Å²) >= 11 is 0. The first-order valence-corrected chi connectivity index (χ1v) is 10.1. The van der Waals surface area contributed by atoms with E-state index in [9.17, 15) is 14.4 Å². The first-order valence-electron chi connectivity index (χ1n) is 10.1. The van der Waals surface area contributed by atoms with Crippen LogP contribution < -0.4 is 0 Å². The molecule has 0 aromatic heterocycles. The summed E-state index contributed by atoms with van der Waals surface area (Å²) in [5.41, 5.74) is 0.226. The Balaban J connectivity index is 2.12. The average molecular weight is 398 g/mol. The summed E-state index contributed by atoms with van der Waals surface area (Å²) in [7, 11) is 0. The Hall–Kier alpha value is -2.69. The van der Waals surface area contributed by atoms with E-state index in [2.05, 4.69) is 19.9 Å². The summed E-state index contributed by atoms with van der Waals surface area (Å²) in [6.45, 7) is 10.2. The van der Waals surface area contributed by atoms with E-state index in [0.29, 0.717) is 19.0 Å². The summed E-state index contributed by atoms with van der Waals surface area (Å²) in [6, 6.07) is 14.1. The number of esters is 1. The second kappa shape index (κ2) is 9.68. The largest absolute Gasteiger partial charge is 0.454 e. The standard InChI is InChI=1S/C24H31NO4/c1-17(2)12-13-25(22(27)15-21(26)23(28)29-24(3,4)5)16-18-10-11-19-8-6-7-9-20(19)14-18/h6-11,14,17H,12-13,15-16H2,1-5H3. The van der Waals surface area contributed by atoms with Crippen LogP contribution in [0.2, 0.25) is 0 Å². The molecule has 2 aromatic rings. The first-order chi connectivity index (χ1) is 13.5. The fraction of sp³-hybridized carbons (Fsp3) is 0.458. The minimum atomic E-state index is -0.958. The van der Waals surface area contributed by atoms with E-state index < -0.39 is 23.8 Å². The van der Waals surface area contributed by atoms with Gasteiger partial charge in [-0.15, -0.1) is 0 Å². The number of ether oxygens (including phenoxy) is 1. The van der Waals surface area contributed by atoms with E-state index in [1.54, 1.807) is 25.7 Å². The van der Waals surface area contributed by atoms with E-state index in [0.717, 1.165) is 22.8 Å². The van der Waals surface area contributed by atoms with Gasteiger partial charge in [-0.2, -0.15) is 0 Å². The van der Waals surface area contributed by atoms with Crippen molar-refractivity contribution in [3.8, 4) is 0 Å². The minimum Gasteiger partial charge on any atom is -0.454 e. The number of hydrogen-bond acceptors (Lipinski definition) is 4. The number of carbonyl (C=O) groups is 3. The van der Waals surface area contributed by atoms with Gasteiger partial charge in [0, 0.05) is 13.1 Å². The molecule has 0 radical (unpaired) electrons. The van der Waals surface area contributed by atoms with Gasteiger partial charge in [0.1, 0.15) is 5.60 Å². The van der Waals surface area contributed by atoms with Crippen molar-refractivity contribution in [1.82, 2.24) is 4.90 Å². The molecule has 0 aliphatic heterocycles. The minimum absolute atomic E-state index is 0.352. The van der Waals surface area contributed by atoms with E-state index in [1.165, 1.54) is 0 Å². The van der Waals surface area contributed by atoms with Gasteiger partial charge in [0.2, 0.25) is 11.7 Å². The number of ketones is 1. The topological polar surface area (TPSA) is 63.7 Å². The molecule has 0 saturated carbocycles. The normalized spacial score (nSPS) is 11.5. The second-order valence-corrected chi connectivity index (χ2v) is 8.78. The highest BCUT2D eigenvalue weighted by molar-refractivity contribution is 6.37. The maximum Gasteiger partial charge on any atom is 0.375 e. The average Bonchev–Trinajstić information content (AvgIpc) is 2.63. The van der Waals surface area contributed by atoms with Crippen LogP contribution in [0.4, 0.5) is 0 Å². The molecule has 0 unspecified atom stereocenters. The molecule has 156 valence electrons. The van der Waals surface area contributed by atoms with Crippen molar-refractivity contribution in [3.05, 3.63) is 48.0 Å². The number of hydrogen-bond donors (Lipinski definition) is 0. The highest BCUT2D eigenvalue weighted by Gasteiger charge is 2.27. The van der Waals surface area contributed by atoms with Gasteiger partial charge in [-0.05, 0) is 55.5 Å². The third-order valence-corrected chi connectivity index (χ3v) is 4.45. The molecular formula is C24H31NO4. The van der Waals surface area contributed by atoms with Crippen molar-refractivity contribution in [2.75, 3.05) is 6.54 Å². The lowest BCUT2D eigenvalue weighted by molar-refractivity contribution is -0.163. The monoisotopic (exact) mass is 397 g/mol. The Bertz CT molecular complexity index is 880. The van der Waals surface area contributed by atoms with Gasteiger partial charge in [0.05, 0.1) is 6.42 Å². The molecule has 0 heterocycles. The quantitative estimate of drug-likeness (QED) is 0.373. The van der Waals surface area contributed by atoms with Crippen LogP contribution in [-0.2, 0) is 25.7 Å². The zero-order valence-electron chi connectivity index (χ0n) is 18.0. The Morgan fingerprint density at radius 1 is 1.00 bits per heavy atom. The summed E-state index contributed by atoms with van der Waals surface area (Å²) in [5.74, 6) is -1.70. The highest BCUT2D eigenvalue weighted by Crippen LogP contribution is 2.18. The molecule has 0 bridgehead atoms. The molecule has 1 amide bonds. The molecule has 29 heavy (non-hydrogen) atoms. The van der Waals surface area contributed by atoms with E-state index in [1.807, 2.05) is 36.4 Å². The maximum absolute atomic E-state index is 12.8. The molecule has 2 aromatic carbocycles. The van der Waals surface area contributed by atoms with E-state index >= 15 is 0 Å². The van der Waals surface area contributed by atoms with Crippen LogP contribution in [0.25, 0.3) is 10.8 Å². The van der Waals surface area contributed by atoms with Gasteiger partial charge in [-0.1, -0.05) is 50.2 Å². The molecule has 0 N–H and O–H groups in total. The molecule has 5 heteroatoms. The van der Waals surface area contributed by atoms with Gasteiger partial charge in [0.15, 0.2) is 0 Å².